The van der Waals surface area contributed by atoms with Crippen LogP contribution in [0.3, 0.4) is 0 Å². The third-order valence-corrected chi connectivity index (χ3v) is 5.31. The van der Waals surface area contributed by atoms with Crippen molar-refractivity contribution in [2.24, 2.45) is 11.3 Å². The second-order valence-corrected chi connectivity index (χ2v) is 7.38. The molecule has 1 aliphatic carbocycles. The van der Waals surface area contributed by atoms with E-state index in [-0.39, 0.29) is 35.3 Å². The van der Waals surface area contributed by atoms with Gasteiger partial charge in [-0.15, -0.1) is 0 Å². The van der Waals surface area contributed by atoms with Crippen molar-refractivity contribution in [2.75, 3.05) is 18.0 Å². The number of nitrogens with zero attached hydrogens (tertiary/aromatic N) is 3. The molecule has 2 aliphatic rings. The van der Waals surface area contributed by atoms with Crippen LogP contribution in [0.2, 0.25) is 0 Å². The predicted molar refractivity (Wildman–Crippen MR) is 95.5 cm³/mol. The Bertz CT molecular complexity index is 814. The van der Waals surface area contributed by atoms with Gasteiger partial charge in [0.05, 0.1) is 12.2 Å². The maximum atomic E-state index is 12.6. The van der Waals surface area contributed by atoms with Crippen LogP contribution in [0.4, 0.5) is 5.69 Å². The number of hydrogen-bond acceptors (Lipinski definition) is 4. The Morgan fingerprint density at radius 2 is 2.23 bits per heavy atom. The normalized spacial score (nSPS) is 21.0. The smallest absolute Gasteiger partial charge is 0.227 e. The Morgan fingerprint density at radius 3 is 2.92 bits per heavy atom. The molecule has 136 valence electrons. The highest BCUT2D eigenvalue weighted by atomic mass is 16.3. The Labute approximate surface area is 151 Å². The summed E-state index contributed by atoms with van der Waals surface area (Å²) in [6.45, 7) is 1.83. The molecule has 2 amide bonds. The number of carbonyl (C=O) groups is 2. The average molecular weight is 354 g/mol. The van der Waals surface area contributed by atoms with E-state index in [9.17, 15) is 14.7 Å². The van der Waals surface area contributed by atoms with Crippen molar-refractivity contribution in [3.8, 4) is 5.75 Å². The van der Waals surface area contributed by atoms with Gasteiger partial charge in [-0.1, -0.05) is 6.07 Å². The number of phenols is 1. The van der Waals surface area contributed by atoms with Crippen LogP contribution >= 0.6 is 0 Å². The molecule has 0 spiro atoms. The first-order valence-electron chi connectivity index (χ1n) is 8.88. The number of amides is 2. The molecular formula is C19H22N4O3. The van der Waals surface area contributed by atoms with E-state index in [2.05, 4.69) is 10.3 Å². The lowest BCUT2D eigenvalue weighted by Crippen LogP contribution is -2.37. The van der Waals surface area contributed by atoms with Crippen molar-refractivity contribution >= 4 is 17.5 Å². The summed E-state index contributed by atoms with van der Waals surface area (Å²) in [5.41, 5.74) is 0.744. The van der Waals surface area contributed by atoms with Crippen molar-refractivity contribution in [1.29, 1.82) is 0 Å². The molecule has 1 atom stereocenters. The molecule has 2 N–H and O–H groups in total. The van der Waals surface area contributed by atoms with Crippen LogP contribution in [-0.4, -0.2) is 39.6 Å². The molecule has 2 fully saturated rings. The number of rotatable bonds is 6. The van der Waals surface area contributed by atoms with Gasteiger partial charge in [-0.05, 0) is 25.0 Å². The van der Waals surface area contributed by atoms with Crippen LogP contribution in [0.15, 0.2) is 43.0 Å². The minimum absolute atomic E-state index is 0.0714. The molecule has 1 aliphatic heterocycles. The monoisotopic (exact) mass is 354 g/mol. The van der Waals surface area contributed by atoms with Crippen LogP contribution in [-0.2, 0) is 16.1 Å². The number of aromatic nitrogens is 2. The van der Waals surface area contributed by atoms with Crippen LogP contribution in [0.1, 0.15) is 19.3 Å². The number of imidazole rings is 1. The first kappa shape index (κ1) is 16.6. The summed E-state index contributed by atoms with van der Waals surface area (Å²) in [6.07, 6.45) is 7.87. The van der Waals surface area contributed by atoms with Crippen LogP contribution in [0.25, 0.3) is 0 Å². The fraction of sp³-hybridized carbons (Fsp3) is 0.421. The molecular weight excluding hydrogens is 332 g/mol. The maximum Gasteiger partial charge on any atom is 0.227 e. The highest BCUT2D eigenvalue weighted by Gasteiger charge is 2.44. The lowest BCUT2D eigenvalue weighted by Gasteiger charge is -2.19. The van der Waals surface area contributed by atoms with Gasteiger partial charge in [0.15, 0.2) is 0 Å². The van der Waals surface area contributed by atoms with E-state index >= 15 is 0 Å². The predicted octanol–water partition coefficient (Wildman–Crippen LogP) is 1.54. The van der Waals surface area contributed by atoms with E-state index < -0.39 is 0 Å². The minimum Gasteiger partial charge on any atom is -0.508 e. The number of hydrogen-bond donors (Lipinski definition) is 2. The van der Waals surface area contributed by atoms with E-state index in [4.69, 9.17) is 0 Å². The zero-order chi connectivity index (χ0) is 18.1. The first-order valence-corrected chi connectivity index (χ1v) is 8.88. The van der Waals surface area contributed by atoms with Crippen molar-refractivity contribution < 1.29 is 14.7 Å². The molecule has 1 saturated heterocycles. The largest absolute Gasteiger partial charge is 0.508 e. The Kier molecular flexibility index (Phi) is 4.14. The van der Waals surface area contributed by atoms with Crippen LogP contribution in [0, 0.1) is 11.3 Å². The van der Waals surface area contributed by atoms with E-state index in [0.29, 0.717) is 18.8 Å². The van der Waals surface area contributed by atoms with Crippen molar-refractivity contribution in [3.63, 3.8) is 0 Å². The number of benzene rings is 1. The molecule has 4 rings (SSSR count). The summed E-state index contributed by atoms with van der Waals surface area (Å²) in [4.78, 5) is 30.5. The van der Waals surface area contributed by atoms with E-state index in [1.54, 1.807) is 41.7 Å². The zero-order valence-corrected chi connectivity index (χ0v) is 14.5. The topological polar surface area (TPSA) is 87.5 Å². The lowest BCUT2D eigenvalue weighted by molar-refractivity contribution is -0.126. The number of aromatic hydroxyl groups is 1. The van der Waals surface area contributed by atoms with Gasteiger partial charge in [0, 0.05) is 55.6 Å². The van der Waals surface area contributed by atoms with Gasteiger partial charge >= 0.3 is 0 Å². The molecule has 1 aromatic heterocycles. The fourth-order valence-corrected chi connectivity index (χ4v) is 3.55. The van der Waals surface area contributed by atoms with Crippen LogP contribution in [0.5, 0.6) is 5.75 Å². The maximum absolute atomic E-state index is 12.6. The van der Waals surface area contributed by atoms with Crippen LogP contribution < -0.4 is 10.2 Å². The van der Waals surface area contributed by atoms with Gasteiger partial charge in [0.1, 0.15) is 5.75 Å². The van der Waals surface area contributed by atoms with Gasteiger partial charge in [-0.25, -0.2) is 4.98 Å². The summed E-state index contributed by atoms with van der Waals surface area (Å²) >= 11 is 0. The number of carbonyl (C=O) groups excluding carboxylic acids is 2. The quantitative estimate of drug-likeness (QED) is 0.824. The Balaban J connectivity index is 1.34. The average Bonchev–Trinajstić information content (AvgIpc) is 3.01. The Hall–Kier alpha value is -2.83. The standard InChI is InChI=1S/C19H22N4O3/c24-16-3-1-2-15(9-16)23-10-14(8-17(23)25)18(26)21-11-19(4-5-19)12-22-7-6-20-13-22/h1-3,6-7,9,13-14,24H,4-5,8,10-12H2,(H,21,26)/t14-/m1/s1. The van der Waals surface area contributed by atoms with Gasteiger partial charge < -0.3 is 19.9 Å². The molecule has 0 radical (unpaired) electrons. The molecule has 7 nitrogen and oxygen atoms in total. The third kappa shape index (κ3) is 3.42. The van der Waals surface area contributed by atoms with Gasteiger partial charge in [0.25, 0.3) is 0 Å². The fourth-order valence-electron chi connectivity index (χ4n) is 3.55. The van der Waals surface area contributed by atoms with Gasteiger partial charge in [0.2, 0.25) is 11.8 Å². The second-order valence-electron chi connectivity index (χ2n) is 7.38. The van der Waals surface area contributed by atoms with Crippen molar-refractivity contribution in [2.45, 2.75) is 25.8 Å². The minimum atomic E-state index is -0.353. The summed E-state index contributed by atoms with van der Waals surface area (Å²) < 4.78 is 2.04. The van der Waals surface area contributed by atoms with Crippen molar-refractivity contribution in [1.82, 2.24) is 14.9 Å². The molecule has 1 aromatic carbocycles. The van der Waals surface area contributed by atoms with E-state index in [0.717, 1.165) is 19.4 Å². The SMILES string of the molecule is O=C(NCC1(Cn2ccnc2)CC1)[C@@H]1CC(=O)N(c2cccc(O)c2)C1. The number of anilines is 1. The number of phenolic OH excluding ortho intramolecular Hbond substituents is 1. The molecule has 0 unspecified atom stereocenters. The van der Waals surface area contributed by atoms with Crippen molar-refractivity contribution in [3.05, 3.63) is 43.0 Å². The summed E-state index contributed by atoms with van der Waals surface area (Å²) in [5.74, 6) is -0.402. The van der Waals surface area contributed by atoms with Gasteiger partial charge in [-0.2, -0.15) is 0 Å². The molecule has 1 saturated carbocycles. The molecule has 2 heterocycles. The first-order chi connectivity index (χ1) is 12.5. The van der Waals surface area contributed by atoms with E-state index in [1.165, 1.54) is 0 Å². The highest BCUT2D eigenvalue weighted by Crippen LogP contribution is 2.46. The molecule has 2 aromatic rings. The number of nitrogens with one attached hydrogen (secondary N) is 1. The molecule has 0 bridgehead atoms. The third-order valence-electron chi connectivity index (χ3n) is 5.31. The summed E-state index contributed by atoms with van der Waals surface area (Å²) in [5, 5.41) is 12.6. The molecule has 26 heavy (non-hydrogen) atoms. The summed E-state index contributed by atoms with van der Waals surface area (Å²) in [6, 6.07) is 6.56. The zero-order valence-electron chi connectivity index (χ0n) is 14.5. The lowest BCUT2D eigenvalue weighted by atomic mass is 10.1. The second kappa shape index (κ2) is 6.48. The summed E-state index contributed by atoms with van der Waals surface area (Å²) in [7, 11) is 0. The van der Waals surface area contributed by atoms with Gasteiger partial charge in [-0.3, -0.25) is 9.59 Å². The van der Waals surface area contributed by atoms with E-state index in [1.807, 2.05) is 10.8 Å². The Morgan fingerprint density at radius 1 is 1.38 bits per heavy atom. The highest BCUT2D eigenvalue weighted by molar-refractivity contribution is 6.00. The molecule has 7 heteroatoms.